The van der Waals surface area contributed by atoms with Crippen molar-refractivity contribution in [2.45, 2.75) is 33.1 Å². The van der Waals surface area contributed by atoms with Crippen LogP contribution in [0, 0.1) is 5.92 Å². The van der Waals surface area contributed by atoms with Crippen molar-refractivity contribution in [3.63, 3.8) is 0 Å². The molecule has 0 aromatic carbocycles. The first-order valence-electron chi connectivity index (χ1n) is 4.22. The maximum absolute atomic E-state index is 4.98. The van der Waals surface area contributed by atoms with Crippen LogP contribution < -0.4 is 0 Å². The van der Waals surface area contributed by atoms with E-state index in [1.165, 1.54) is 12.8 Å². The molecule has 0 aliphatic heterocycles. The third-order valence-corrected chi connectivity index (χ3v) is 2.07. The van der Waals surface area contributed by atoms with Gasteiger partial charge in [-0.25, -0.2) is 0 Å². The summed E-state index contributed by atoms with van der Waals surface area (Å²) in [6.45, 7) is 4.47. The number of aromatic nitrogens is 1. The Labute approximate surface area is 67.6 Å². The predicted octanol–water partition coefficient (Wildman–Crippen LogP) is 2.65. The van der Waals surface area contributed by atoms with E-state index in [4.69, 9.17) is 4.52 Å². The Balaban J connectivity index is 2.23. The largest absolute Gasteiger partial charge is 0.361 e. The Bertz CT molecular complexity index is 181. The normalized spacial score (nSPS) is 13.3. The van der Waals surface area contributed by atoms with Crippen molar-refractivity contribution in [3.8, 4) is 0 Å². The van der Waals surface area contributed by atoms with E-state index in [2.05, 4.69) is 19.0 Å². The first-order chi connectivity index (χ1) is 5.33. The number of hydrogen-bond acceptors (Lipinski definition) is 2. The summed E-state index contributed by atoms with van der Waals surface area (Å²) in [7, 11) is 0. The molecule has 0 aliphatic rings. The summed E-state index contributed by atoms with van der Waals surface area (Å²) in [5.41, 5.74) is 0. The van der Waals surface area contributed by atoms with E-state index in [9.17, 15) is 0 Å². The standard InChI is InChI=1S/C9H15NO/c1-3-8(2)4-5-9-6-7-10-11-9/h6-8H,3-5H2,1-2H3/t8-/m0/s1. The molecule has 0 amide bonds. The van der Waals surface area contributed by atoms with E-state index >= 15 is 0 Å². The van der Waals surface area contributed by atoms with Crippen LogP contribution in [-0.4, -0.2) is 5.16 Å². The highest BCUT2D eigenvalue weighted by atomic mass is 16.5. The molecule has 0 spiro atoms. The molecule has 1 aromatic rings. The second-order valence-corrected chi connectivity index (χ2v) is 3.03. The van der Waals surface area contributed by atoms with Crippen LogP contribution in [0.15, 0.2) is 16.8 Å². The number of nitrogens with zero attached hydrogens (tertiary/aromatic N) is 1. The smallest absolute Gasteiger partial charge is 0.136 e. The molecule has 1 rings (SSSR count). The Morgan fingerprint density at radius 2 is 2.45 bits per heavy atom. The average Bonchev–Trinajstić information content (AvgIpc) is 2.52. The molecule has 0 saturated heterocycles. The minimum Gasteiger partial charge on any atom is -0.361 e. The van der Waals surface area contributed by atoms with Gasteiger partial charge in [0.25, 0.3) is 0 Å². The SMILES string of the molecule is CC[C@H](C)CCc1ccno1. The first kappa shape index (κ1) is 8.31. The van der Waals surface area contributed by atoms with Crippen molar-refractivity contribution in [2.75, 3.05) is 0 Å². The van der Waals surface area contributed by atoms with E-state index in [1.54, 1.807) is 6.20 Å². The fraction of sp³-hybridized carbons (Fsp3) is 0.667. The van der Waals surface area contributed by atoms with Crippen molar-refractivity contribution in [3.05, 3.63) is 18.0 Å². The van der Waals surface area contributed by atoms with E-state index in [0.717, 1.165) is 18.1 Å². The van der Waals surface area contributed by atoms with Crippen LogP contribution in [0.25, 0.3) is 0 Å². The maximum atomic E-state index is 4.98. The molecule has 62 valence electrons. The molecule has 0 N–H and O–H groups in total. The van der Waals surface area contributed by atoms with Gasteiger partial charge >= 0.3 is 0 Å². The van der Waals surface area contributed by atoms with Crippen molar-refractivity contribution in [1.29, 1.82) is 0 Å². The van der Waals surface area contributed by atoms with Gasteiger partial charge in [-0.1, -0.05) is 25.4 Å². The van der Waals surface area contributed by atoms with Gasteiger partial charge in [-0.15, -0.1) is 0 Å². The maximum Gasteiger partial charge on any atom is 0.136 e. The first-order valence-corrected chi connectivity index (χ1v) is 4.22. The summed E-state index contributed by atoms with van der Waals surface area (Å²) < 4.78 is 4.98. The summed E-state index contributed by atoms with van der Waals surface area (Å²) in [5, 5.41) is 3.65. The van der Waals surface area contributed by atoms with Gasteiger partial charge in [0.1, 0.15) is 5.76 Å². The molecule has 1 aromatic heterocycles. The van der Waals surface area contributed by atoms with Gasteiger partial charge in [-0.05, 0) is 12.3 Å². The Kier molecular flexibility index (Phi) is 3.14. The lowest BCUT2D eigenvalue weighted by molar-refractivity contribution is 0.369. The van der Waals surface area contributed by atoms with Crippen molar-refractivity contribution >= 4 is 0 Å². The van der Waals surface area contributed by atoms with Crippen LogP contribution in [0.5, 0.6) is 0 Å². The second-order valence-electron chi connectivity index (χ2n) is 3.03. The molecule has 0 aliphatic carbocycles. The molecule has 2 heteroatoms. The van der Waals surface area contributed by atoms with Crippen LogP contribution >= 0.6 is 0 Å². The minimum absolute atomic E-state index is 0.792. The molecule has 0 radical (unpaired) electrons. The van der Waals surface area contributed by atoms with E-state index < -0.39 is 0 Å². The molecule has 2 nitrogen and oxygen atoms in total. The predicted molar refractivity (Wildman–Crippen MR) is 44.3 cm³/mol. The zero-order chi connectivity index (χ0) is 8.10. The lowest BCUT2D eigenvalue weighted by atomic mass is 10.0. The topological polar surface area (TPSA) is 26.0 Å². The summed E-state index contributed by atoms with van der Waals surface area (Å²) >= 11 is 0. The van der Waals surface area contributed by atoms with Crippen LogP contribution in [0.1, 0.15) is 32.4 Å². The lowest BCUT2D eigenvalue weighted by Gasteiger charge is -2.04. The van der Waals surface area contributed by atoms with Gasteiger partial charge in [0, 0.05) is 12.5 Å². The van der Waals surface area contributed by atoms with Gasteiger partial charge in [0.05, 0.1) is 6.20 Å². The van der Waals surface area contributed by atoms with Crippen LogP contribution in [0.4, 0.5) is 0 Å². The molecular formula is C9H15NO. The van der Waals surface area contributed by atoms with Crippen LogP contribution in [-0.2, 0) is 6.42 Å². The molecule has 11 heavy (non-hydrogen) atoms. The van der Waals surface area contributed by atoms with Crippen LogP contribution in [0.2, 0.25) is 0 Å². The summed E-state index contributed by atoms with van der Waals surface area (Å²) in [6, 6.07) is 1.93. The summed E-state index contributed by atoms with van der Waals surface area (Å²) in [4.78, 5) is 0. The summed E-state index contributed by atoms with van der Waals surface area (Å²) in [6.07, 6.45) is 5.17. The molecule has 0 saturated carbocycles. The second kappa shape index (κ2) is 4.16. The third kappa shape index (κ3) is 2.74. The highest BCUT2D eigenvalue weighted by Crippen LogP contribution is 2.11. The highest BCUT2D eigenvalue weighted by Gasteiger charge is 2.01. The molecule has 1 heterocycles. The molecule has 0 unspecified atom stereocenters. The Morgan fingerprint density at radius 1 is 1.64 bits per heavy atom. The molecule has 1 atom stereocenters. The van der Waals surface area contributed by atoms with E-state index in [-0.39, 0.29) is 0 Å². The monoisotopic (exact) mass is 153 g/mol. The van der Waals surface area contributed by atoms with Gasteiger partial charge in [0.15, 0.2) is 0 Å². The number of rotatable bonds is 4. The van der Waals surface area contributed by atoms with Gasteiger partial charge in [-0.2, -0.15) is 0 Å². The Morgan fingerprint density at radius 3 is 3.00 bits per heavy atom. The van der Waals surface area contributed by atoms with Crippen molar-refractivity contribution in [1.82, 2.24) is 5.16 Å². The number of hydrogen-bond donors (Lipinski definition) is 0. The number of aryl methyl sites for hydroxylation is 1. The fourth-order valence-electron chi connectivity index (χ4n) is 0.964. The van der Waals surface area contributed by atoms with Crippen LogP contribution in [0.3, 0.4) is 0 Å². The van der Waals surface area contributed by atoms with Gasteiger partial charge in [0.2, 0.25) is 0 Å². The van der Waals surface area contributed by atoms with E-state index in [1.807, 2.05) is 6.07 Å². The third-order valence-electron chi connectivity index (χ3n) is 2.07. The quantitative estimate of drug-likeness (QED) is 0.664. The average molecular weight is 153 g/mol. The molecular weight excluding hydrogens is 138 g/mol. The lowest BCUT2D eigenvalue weighted by Crippen LogP contribution is -1.94. The van der Waals surface area contributed by atoms with Gasteiger partial charge in [-0.3, -0.25) is 0 Å². The van der Waals surface area contributed by atoms with E-state index in [0.29, 0.717) is 0 Å². The van der Waals surface area contributed by atoms with Gasteiger partial charge < -0.3 is 4.52 Å². The summed E-state index contributed by atoms with van der Waals surface area (Å²) in [5.74, 6) is 1.80. The zero-order valence-corrected chi connectivity index (χ0v) is 7.21. The molecule has 0 bridgehead atoms. The molecule has 0 fully saturated rings. The van der Waals surface area contributed by atoms with Crippen molar-refractivity contribution in [2.24, 2.45) is 5.92 Å². The zero-order valence-electron chi connectivity index (χ0n) is 7.21. The Hall–Kier alpha value is -0.790. The minimum atomic E-state index is 0.792. The fourth-order valence-corrected chi connectivity index (χ4v) is 0.964. The van der Waals surface area contributed by atoms with Crippen molar-refractivity contribution < 1.29 is 4.52 Å². The highest BCUT2D eigenvalue weighted by molar-refractivity contribution is 4.92.